The number of aromatic nitrogens is 2. The number of amidine groups is 1. The molecule has 0 radical (unpaired) electrons. The maximum atomic E-state index is 13.0. The highest BCUT2D eigenvalue weighted by Crippen LogP contribution is 2.33. The Morgan fingerprint density at radius 2 is 1.97 bits per heavy atom. The van der Waals surface area contributed by atoms with E-state index in [1.807, 2.05) is 25.1 Å². The average molecular weight is 463 g/mol. The summed E-state index contributed by atoms with van der Waals surface area (Å²) in [5.41, 5.74) is 4.30. The van der Waals surface area contributed by atoms with E-state index in [-0.39, 0.29) is 17.5 Å². The smallest absolute Gasteiger partial charge is 0.416 e. The monoisotopic (exact) mass is 462 g/mol. The van der Waals surface area contributed by atoms with Crippen LogP contribution in [-0.4, -0.2) is 28.7 Å². The molecule has 0 amide bonds. The van der Waals surface area contributed by atoms with Crippen molar-refractivity contribution in [2.45, 2.75) is 25.6 Å². The summed E-state index contributed by atoms with van der Waals surface area (Å²) in [6.07, 6.45) is -1.22. The van der Waals surface area contributed by atoms with Gasteiger partial charge in [-0.15, -0.1) is 0 Å². The summed E-state index contributed by atoms with van der Waals surface area (Å²) < 4.78 is 44.7. The fourth-order valence-corrected chi connectivity index (χ4v) is 3.50. The van der Waals surface area contributed by atoms with Gasteiger partial charge in [0.2, 0.25) is 0 Å². The van der Waals surface area contributed by atoms with Crippen LogP contribution in [0.2, 0.25) is 5.02 Å². The molecule has 1 aliphatic heterocycles. The van der Waals surface area contributed by atoms with Gasteiger partial charge in [-0.3, -0.25) is 9.83 Å². The van der Waals surface area contributed by atoms with E-state index in [4.69, 9.17) is 21.2 Å². The van der Waals surface area contributed by atoms with Gasteiger partial charge in [0, 0.05) is 5.02 Å². The lowest BCUT2D eigenvalue weighted by Crippen LogP contribution is -2.37. The van der Waals surface area contributed by atoms with Gasteiger partial charge < -0.3 is 4.74 Å². The number of aliphatic imine (C=N–C) groups is 1. The number of rotatable bonds is 5. The number of halogens is 4. The second-order valence-electron chi connectivity index (χ2n) is 7.24. The fraction of sp³-hybridized carbons (Fsp3) is 0.227. The summed E-state index contributed by atoms with van der Waals surface area (Å²) in [4.78, 5) is 10.1. The lowest BCUT2D eigenvalue weighted by Gasteiger charge is -2.23. The first-order chi connectivity index (χ1) is 15.3. The number of hydrogen-bond donors (Lipinski definition) is 1. The van der Waals surface area contributed by atoms with Crippen LogP contribution >= 0.6 is 11.6 Å². The molecule has 0 spiro atoms. The highest BCUT2D eigenvalue weighted by molar-refractivity contribution is 6.31. The van der Waals surface area contributed by atoms with E-state index >= 15 is 0 Å². The van der Waals surface area contributed by atoms with Gasteiger partial charge in [0.1, 0.15) is 5.75 Å². The summed E-state index contributed by atoms with van der Waals surface area (Å²) in [5, 5.41) is 8.27. The Kier molecular flexibility index (Phi) is 6.29. The molecule has 1 atom stereocenters. The van der Waals surface area contributed by atoms with Gasteiger partial charge in [0.25, 0.3) is 0 Å². The van der Waals surface area contributed by atoms with E-state index in [0.717, 1.165) is 23.3 Å². The van der Waals surface area contributed by atoms with Crippen LogP contribution in [-0.2, 0) is 17.4 Å². The third-order valence-electron chi connectivity index (χ3n) is 4.76. The van der Waals surface area contributed by atoms with Crippen molar-refractivity contribution in [2.75, 3.05) is 6.61 Å². The number of hydroxylamine groups is 1. The zero-order valence-electron chi connectivity index (χ0n) is 16.9. The Morgan fingerprint density at radius 1 is 1.16 bits per heavy atom. The molecule has 0 saturated heterocycles. The molecule has 3 aromatic rings. The number of nitrogens with one attached hydrogen (secondary N) is 1. The predicted molar refractivity (Wildman–Crippen MR) is 113 cm³/mol. The largest absolute Gasteiger partial charge is 0.455 e. The summed E-state index contributed by atoms with van der Waals surface area (Å²) in [7, 11) is 0. The minimum absolute atomic E-state index is 0.00869. The molecule has 6 nitrogen and oxygen atoms in total. The van der Waals surface area contributed by atoms with Gasteiger partial charge in [0.15, 0.2) is 11.6 Å². The molecule has 1 aliphatic rings. The molecule has 0 fully saturated rings. The second kappa shape index (κ2) is 9.13. The molecule has 0 bridgehead atoms. The van der Waals surface area contributed by atoms with Gasteiger partial charge in [-0.1, -0.05) is 29.8 Å². The number of nitrogens with zero attached hydrogens (tertiary/aromatic N) is 3. The first-order valence-electron chi connectivity index (χ1n) is 9.66. The van der Waals surface area contributed by atoms with Crippen LogP contribution in [0.3, 0.4) is 0 Å². The molecule has 32 heavy (non-hydrogen) atoms. The molecule has 2 heterocycles. The van der Waals surface area contributed by atoms with E-state index < -0.39 is 11.7 Å². The zero-order chi connectivity index (χ0) is 22.7. The fourth-order valence-electron chi connectivity index (χ4n) is 3.19. The predicted octanol–water partition coefficient (Wildman–Crippen LogP) is 5.14. The molecule has 10 heteroatoms. The van der Waals surface area contributed by atoms with E-state index in [9.17, 15) is 13.2 Å². The van der Waals surface area contributed by atoms with Crippen molar-refractivity contribution in [1.29, 1.82) is 0 Å². The molecule has 0 aliphatic carbocycles. The highest BCUT2D eigenvalue weighted by Gasteiger charge is 2.31. The highest BCUT2D eigenvalue weighted by atomic mass is 35.5. The first kappa shape index (κ1) is 22.0. The summed E-state index contributed by atoms with van der Waals surface area (Å²) in [6, 6.07) is 10.2. The normalized spacial score (nSPS) is 16.3. The number of benzene rings is 2. The Balaban J connectivity index is 1.59. The van der Waals surface area contributed by atoms with Crippen molar-refractivity contribution in [1.82, 2.24) is 15.7 Å². The molecular weight excluding hydrogens is 445 g/mol. The zero-order valence-corrected chi connectivity index (χ0v) is 17.6. The van der Waals surface area contributed by atoms with Gasteiger partial charge in [-0.25, -0.2) is 5.48 Å². The number of aryl methyl sites for hydroxylation is 1. The summed E-state index contributed by atoms with van der Waals surface area (Å²) >= 11 is 6.34. The van der Waals surface area contributed by atoms with Gasteiger partial charge >= 0.3 is 6.18 Å². The Labute approximate surface area is 187 Å². The second-order valence-corrected chi connectivity index (χ2v) is 7.65. The lowest BCUT2D eigenvalue weighted by molar-refractivity contribution is -0.137. The topological polar surface area (TPSA) is 68.6 Å². The van der Waals surface area contributed by atoms with E-state index in [2.05, 4.69) is 20.7 Å². The molecule has 166 valence electrons. The van der Waals surface area contributed by atoms with Crippen LogP contribution in [0, 0.1) is 6.92 Å². The van der Waals surface area contributed by atoms with Gasteiger partial charge in [-0.05, 0) is 48.7 Å². The van der Waals surface area contributed by atoms with Crippen molar-refractivity contribution in [3.8, 4) is 11.5 Å². The minimum Gasteiger partial charge on any atom is -0.455 e. The number of ether oxygens (including phenoxy) is 1. The molecular formula is C22H18ClF3N4O2. The molecule has 1 N–H and O–H groups in total. The Hall–Kier alpha value is -3.17. The molecule has 1 aromatic heterocycles. The SMILES string of the molecule is Cc1ccc(C[C@@H]2CONC(c3cnncc3Oc3cccc(C(F)(F)F)c3)=N2)c(Cl)c1. The van der Waals surface area contributed by atoms with Gasteiger partial charge in [0.05, 0.1) is 36.2 Å². The third-order valence-corrected chi connectivity index (χ3v) is 5.11. The Bertz CT molecular complexity index is 1150. The molecule has 0 unspecified atom stereocenters. The van der Waals surface area contributed by atoms with Crippen LogP contribution in [0.1, 0.15) is 22.3 Å². The summed E-state index contributed by atoms with van der Waals surface area (Å²) in [6.45, 7) is 2.28. The van der Waals surface area contributed by atoms with E-state index in [1.54, 1.807) is 0 Å². The van der Waals surface area contributed by atoms with Crippen molar-refractivity contribution < 1.29 is 22.7 Å². The van der Waals surface area contributed by atoms with Crippen molar-refractivity contribution in [3.05, 3.63) is 82.1 Å². The van der Waals surface area contributed by atoms with Crippen LogP contribution in [0.15, 0.2) is 59.9 Å². The maximum Gasteiger partial charge on any atom is 0.416 e. The molecule has 4 rings (SSSR count). The third kappa shape index (κ3) is 5.17. The molecule has 0 saturated carbocycles. The standard InChI is InChI=1S/C22H18ClF3N4O2/c1-13-5-6-14(19(23)7-13)8-16-12-31-30-21(29-16)18-10-27-28-11-20(18)32-17-4-2-3-15(9-17)22(24,25)26/h2-7,9-11,16H,8,12H2,1H3,(H,29,30)/t16-/m1/s1. The minimum atomic E-state index is -4.48. The van der Waals surface area contributed by atoms with Crippen LogP contribution < -0.4 is 10.2 Å². The lowest BCUT2D eigenvalue weighted by atomic mass is 10.0. The van der Waals surface area contributed by atoms with Crippen molar-refractivity contribution in [3.63, 3.8) is 0 Å². The van der Waals surface area contributed by atoms with Crippen LogP contribution in [0.4, 0.5) is 13.2 Å². The van der Waals surface area contributed by atoms with Crippen LogP contribution in [0.25, 0.3) is 0 Å². The average Bonchev–Trinajstić information content (AvgIpc) is 2.76. The quantitative estimate of drug-likeness (QED) is 0.568. The Morgan fingerprint density at radius 3 is 2.75 bits per heavy atom. The van der Waals surface area contributed by atoms with Crippen molar-refractivity contribution in [2.24, 2.45) is 4.99 Å². The van der Waals surface area contributed by atoms with Crippen molar-refractivity contribution >= 4 is 17.4 Å². The van der Waals surface area contributed by atoms with E-state index in [0.29, 0.717) is 29.4 Å². The van der Waals surface area contributed by atoms with Gasteiger partial charge in [-0.2, -0.15) is 23.4 Å². The number of alkyl halides is 3. The van der Waals surface area contributed by atoms with E-state index in [1.165, 1.54) is 24.5 Å². The maximum absolute atomic E-state index is 13.0. The summed E-state index contributed by atoms with van der Waals surface area (Å²) in [5.74, 6) is 0.527. The van der Waals surface area contributed by atoms with Crippen LogP contribution in [0.5, 0.6) is 11.5 Å². The first-order valence-corrected chi connectivity index (χ1v) is 10.0. The molecule has 2 aromatic carbocycles. The number of hydrogen-bond acceptors (Lipinski definition) is 6.